The number of ether oxygens (including phenoxy) is 3. The molecule has 2 aromatic rings. The Hall–Kier alpha value is -2.24. The van der Waals surface area contributed by atoms with Crippen LogP contribution >= 0.6 is 0 Å². The van der Waals surface area contributed by atoms with E-state index in [1.54, 1.807) is 7.11 Å². The van der Waals surface area contributed by atoms with Gasteiger partial charge in [-0.3, -0.25) is 0 Å². The summed E-state index contributed by atoms with van der Waals surface area (Å²) < 4.78 is 16.8. The third kappa shape index (κ3) is 4.06. The molecule has 2 N–H and O–H groups in total. The number of benzene rings is 2. The molecule has 1 atom stereocenters. The van der Waals surface area contributed by atoms with E-state index in [9.17, 15) is 5.11 Å². The second-order valence-corrected chi connectivity index (χ2v) is 6.07. The second-order valence-electron chi connectivity index (χ2n) is 6.07. The van der Waals surface area contributed by atoms with Gasteiger partial charge in [-0.05, 0) is 42.7 Å². The molecular weight excluding hydrogens is 318 g/mol. The lowest BCUT2D eigenvalue weighted by molar-refractivity contribution is 0.226. The topological polar surface area (TPSA) is 60.0 Å². The first kappa shape index (κ1) is 17.6. The Morgan fingerprint density at radius 2 is 2.12 bits per heavy atom. The van der Waals surface area contributed by atoms with Crippen molar-refractivity contribution in [1.82, 2.24) is 5.32 Å². The molecule has 1 aliphatic heterocycles. The van der Waals surface area contributed by atoms with Crippen LogP contribution in [0.15, 0.2) is 36.4 Å². The molecule has 5 nitrogen and oxygen atoms in total. The van der Waals surface area contributed by atoms with E-state index in [0.717, 1.165) is 40.4 Å². The molecule has 0 radical (unpaired) electrons. The summed E-state index contributed by atoms with van der Waals surface area (Å²) in [7, 11) is 1.66. The van der Waals surface area contributed by atoms with Gasteiger partial charge in [-0.2, -0.15) is 0 Å². The summed E-state index contributed by atoms with van der Waals surface area (Å²) in [5, 5.41) is 13.0. The van der Waals surface area contributed by atoms with Gasteiger partial charge in [0.15, 0.2) is 11.5 Å². The standard InChI is InChI=1S/C20H25NO4/c1-3-24-18-8-7-14(9-16(18)12-22)11-21-17-10-15-5-4-6-19(23-2)20(15)25-13-17/h4-9,17,21-22H,3,10-13H2,1-2H3/t17-/m0/s1. The second kappa shape index (κ2) is 8.23. The third-order valence-corrected chi connectivity index (χ3v) is 4.37. The molecule has 0 saturated carbocycles. The lowest BCUT2D eigenvalue weighted by Crippen LogP contribution is -2.38. The maximum Gasteiger partial charge on any atom is 0.164 e. The van der Waals surface area contributed by atoms with Gasteiger partial charge in [0.05, 0.1) is 20.3 Å². The number of nitrogens with one attached hydrogen (secondary N) is 1. The molecule has 0 saturated heterocycles. The molecule has 0 spiro atoms. The highest BCUT2D eigenvalue weighted by Crippen LogP contribution is 2.34. The van der Waals surface area contributed by atoms with Crippen LogP contribution in [0, 0.1) is 0 Å². The maximum atomic E-state index is 9.51. The van der Waals surface area contributed by atoms with E-state index in [1.807, 2.05) is 37.3 Å². The van der Waals surface area contributed by atoms with Crippen molar-refractivity contribution >= 4 is 0 Å². The van der Waals surface area contributed by atoms with Crippen LogP contribution in [0.3, 0.4) is 0 Å². The maximum absolute atomic E-state index is 9.51. The van der Waals surface area contributed by atoms with Gasteiger partial charge in [-0.15, -0.1) is 0 Å². The zero-order valence-electron chi connectivity index (χ0n) is 14.7. The minimum absolute atomic E-state index is 0.0249. The predicted molar refractivity (Wildman–Crippen MR) is 96.4 cm³/mol. The zero-order chi connectivity index (χ0) is 17.6. The van der Waals surface area contributed by atoms with Crippen LogP contribution in [0.4, 0.5) is 0 Å². The fourth-order valence-corrected chi connectivity index (χ4v) is 3.11. The number of hydrogen-bond acceptors (Lipinski definition) is 5. The lowest BCUT2D eigenvalue weighted by Gasteiger charge is -2.27. The normalized spacial score (nSPS) is 16.0. The van der Waals surface area contributed by atoms with Gasteiger partial charge in [0, 0.05) is 18.2 Å². The number of rotatable bonds is 7. The van der Waals surface area contributed by atoms with E-state index in [1.165, 1.54) is 0 Å². The van der Waals surface area contributed by atoms with Crippen molar-refractivity contribution in [3.05, 3.63) is 53.1 Å². The van der Waals surface area contributed by atoms with Gasteiger partial charge in [-0.25, -0.2) is 0 Å². The van der Waals surface area contributed by atoms with E-state index in [0.29, 0.717) is 19.8 Å². The Morgan fingerprint density at radius 1 is 1.24 bits per heavy atom. The molecule has 2 aromatic carbocycles. The SMILES string of the molecule is CCOc1ccc(CN[C@@H]2COc3c(cccc3OC)C2)cc1CO. The Labute approximate surface area is 148 Å². The van der Waals surface area contributed by atoms with Crippen molar-refractivity contribution in [2.45, 2.75) is 32.5 Å². The van der Waals surface area contributed by atoms with E-state index >= 15 is 0 Å². The van der Waals surface area contributed by atoms with Crippen molar-refractivity contribution in [3.8, 4) is 17.2 Å². The zero-order valence-corrected chi connectivity index (χ0v) is 14.7. The molecule has 5 heteroatoms. The number of methoxy groups -OCH3 is 1. The summed E-state index contributed by atoms with van der Waals surface area (Å²) >= 11 is 0. The molecule has 0 unspecified atom stereocenters. The number of fused-ring (bicyclic) bond motifs is 1. The molecular formula is C20H25NO4. The average Bonchev–Trinajstić information content (AvgIpc) is 2.66. The number of aliphatic hydroxyl groups is 1. The molecule has 25 heavy (non-hydrogen) atoms. The van der Waals surface area contributed by atoms with Crippen LogP contribution in [0.2, 0.25) is 0 Å². The molecule has 0 aromatic heterocycles. The number of hydrogen-bond donors (Lipinski definition) is 2. The van der Waals surface area contributed by atoms with Crippen LogP contribution in [-0.4, -0.2) is 31.5 Å². The molecule has 134 valence electrons. The highest BCUT2D eigenvalue weighted by molar-refractivity contribution is 5.48. The Morgan fingerprint density at radius 3 is 2.88 bits per heavy atom. The molecule has 1 heterocycles. The van der Waals surface area contributed by atoms with Crippen molar-refractivity contribution in [2.24, 2.45) is 0 Å². The quantitative estimate of drug-likeness (QED) is 0.809. The van der Waals surface area contributed by atoms with Gasteiger partial charge < -0.3 is 24.6 Å². The molecule has 3 rings (SSSR count). The highest BCUT2D eigenvalue weighted by Gasteiger charge is 2.22. The van der Waals surface area contributed by atoms with E-state index in [-0.39, 0.29) is 12.6 Å². The van der Waals surface area contributed by atoms with Crippen molar-refractivity contribution in [3.63, 3.8) is 0 Å². The molecule has 0 aliphatic carbocycles. The summed E-state index contributed by atoms with van der Waals surface area (Å²) in [6.45, 7) is 3.83. The van der Waals surface area contributed by atoms with Crippen molar-refractivity contribution < 1.29 is 19.3 Å². The average molecular weight is 343 g/mol. The number of aliphatic hydroxyl groups excluding tert-OH is 1. The molecule has 0 fully saturated rings. The van der Waals surface area contributed by atoms with E-state index < -0.39 is 0 Å². The Bertz CT molecular complexity index is 717. The lowest BCUT2D eigenvalue weighted by atomic mass is 10.0. The molecule has 1 aliphatic rings. The fourth-order valence-electron chi connectivity index (χ4n) is 3.11. The summed E-state index contributed by atoms with van der Waals surface area (Å²) in [5.41, 5.74) is 3.09. The van der Waals surface area contributed by atoms with Crippen molar-refractivity contribution in [2.75, 3.05) is 20.3 Å². The number of para-hydroxylation sites is 1. The van der Waals surface area contributed by atoms with Gasteiger partial charge >= 0.3 is 0 Å². The first-order valence-corrected chi connectivity index (χ1v) is 8.62. The summed E-state index contributed by atoms with van der Waals surface area (Å²) in [6, 6.07) is 12.2. The van der Waals surface area contributed by atoms with Crippen LogP contribution < -0.4 is 19.5 Å². The van der Waals surface area contributed by atoms with Gasteiger partial charge in [0.1, 0.15) is 12.4 Å². The van der Waals surface area contributed by atoms with Crippen LogP contribution in [-0.2, 0) is 19.6 Å². The van der Waals surface area contributed by atoms with Gasteiger partial charge in [0.25, 0.3) is 0 Å². The van der Waals surface area contributed by atoms with E-state index in [2.05, 4.69) is 11.4 Å². The predicted octanol–water partition coefficient (Wildman–Crippen LogP) is 2.68. The molecule has 0 bridgehead atoms. The minimum atomic E-state index is -0.0249. The largest absolute Gasteiger partial charge is 0.494 e. The summed E-state index contributed by atoms with van der Waals surface area (Å²) in [5.74, 6) is 2.39. The van der Waals surface area contributed by atoms with Gasteiger partial charge in [-0.1, -0.05) is 18.2 Å². The first-order valence-electron chi connectivity index (χ1n) is 8.62. The van der Waals surface area contributed by atoms with Crippen LogP contribution in [0.5, 0.6) is 17.2 Å². The van der Waals surface area contributed by atoms with E-state index in [4.69, 9.17) is 14.2 Å². The summed E-state index contributed by atoms with van der Waals surface area (Å²) in [6.07, 6.45) is 0.899. The Kier molecular flexibility index (Phi) is 5.79. The van der Waals surface area contributed by atoms with Gasteiger partial charge in [0.2, 0.25) is 0 Å². The summed E-state index contributed by atoms with van der Waals surface area (Å²) in [4.78, 5) is 0. The first-order chi connectivity index (χ1) is 12.2. The third-order valence-electron chi connectivity index (χ3n) is 4.37. The van der Waals surface area contributed by atoms with Crippen molar-refractivity contribution in [1.29, 1.82) is 0 Å². The van der Waals surface area contributed by atoms with Crippen LogP contribution in [0.25, 0.3) is 0 Å². The smallest absolute Gasteiger partial charge is 0.164 e. The molecule has 0 amide bonds. The Balaban J connectivity index is 1.63. The van der Waals surface area contributed by atoms with Crippen LogP contribution in [0.1, 0.15) is 23.6 Å². The monoisotopic (exact) mass is 343 g/mol. The highest BCUT2D eigenvalue weighted by atomic mass is 16.5. The minimum Gasteiger partial charge on any atom is -0.494 e. The fraction of sp³-hybridized carbons (Fsp3) is 0.400.